The van der Waals surface area contributed by atoms with E-state index in [1.54, 1.807) is 7.11 Å². The lowest BCUT2D eigenvalue weighted by molar-refractivity contribution is -0.171. The van der Waals surface area contributed by atoms with Crippen LogP contribution in [0.4, 0.5) is 0 Å². The topological polar surface area (TPSA) is 49.8 Å². The minimum absolute atomic E-state index is 0.0602. The third-order valence-corrected chi connectivity index (χ3v) is 6.19. The van der Waals surface area contributed by atoms with Crippen LogP contribution < -0.4 is 4.74 Å². The summed E-state index contributed by atoms with van der Waals surface area (Å²) in [4.78, 5) is 14.4. The van der Waals surface area contributed by atoms with E-state index >= 15 is 0 Å². The van der Waals surface area contributed by atoms with E-state index < -0.39 is 5.60 Å². The fourth-order valence-corrected chi connectivity index (χ4v) is 5.05. The highest BCUT2D eigenvalue weighted by molar-refractivity contribution is 5.81. The van der Waals surface area contributed by atoms with E-state index in [2.05, 4.69) is 18.2 Å². The minimum Gasteiger partial charge on any atom is -0.497 e. The van der Waals surface area contributed by atoms with Gasteiger partial charge in [0, 0.05) is 24.4 Å². The number of ether oxygens (including phenoxy) is 1. The van der Waals surface area contributed by atoms with Crippen LogP contribution >= 0.6 is 0 Å². The molecule has 1 aromatic carbocycles. The first kappa shape index (κ1) is 15.9. The van der Waals surface area contributed by atoms with Crippen LogP contribution in [0.1, 0.15) is 38.2 Å². The molecule has 4 nitrogen and oxygen atoms in total. The van der Waals surface area contributed by atoms with Crippen molar-refractivity contribution < 1.29 is 14.6 Å². The minimum atomic E-state index is -0.610. The molecular weight excluding hydrogens is 302 g/mol. The smallest absolute Gasteiger partial charge is 0.225 e. The monoisotopic (exact) mass is 329 g/mol. The molecule has 0 unspecified atom stereocenters. The van der Waals surface area contributed by atoms with E-state index in [1.807, 2.05) is 17.9 Å². The third kappa shape index (κ3) is 2.81. The van der Waals surface area contributed by atoms with Gasteiger partial charge in [0.05, 0.1) is 12.7 Å². The lowest BCUT2D eigenvalue weighted by atomic mass is 9.56. The molecule has 0 atom stereocenters. The van der Waals surface area contributed by atoms with Crippen molar-refractivity contribution >= 4 is 5.91 Å². The normalized spacial score (nSPS) is 31.1. The average Bonchev–Trinajstić information content (AvgIpc) is 2.45. The Morgan fingerprint density at radius 1 is 1.29 bits per heavy atom. The van der Waals surface area contributed by atoms with Crippen molar-refractivity contribution in [3.8, 4) is 5.75 Å². The van der Waals surface area contributed by atoms with Gasteiger partial charge in [0.15, 0.2) is 0 Å². The van der Waals surface area contributed by atoms with Gasteiger partial charge in [-0.3, -0.25) is 4.79 Å². The van der Waals surface area contributed by atoms with Crippen LogP contribution in [0.2, 0.25) is 0 Å². The SMILES string of the molecule is COc1cccc(CC2CC3(C2)CN(C(=O)C2CC(C)(O)C2)C3)c1. The van der Waals surface area contributed by atoms with E-state index in [1.165, 1.54) is 18.4 Å². The van der Waals surface area contributed by atoms with Crippen molar-refractivity contribution in [3.63, 3.8) is 0 Å². The number of methoxy groups -OCH3 is 1. The predicted octanol–water partition coefficient (Wildman–Crippen LogP) is 2.64. The molecule has 0 radical (unpaired) electrons. The number of likely N-dealkylation sites (tertiary alicyclic amines) is 1. The first-order chi connectivity index (χ1) is 11.4. The summed E-state index contributed by atoms with van der Waals surface area (Å²) >= 11 is 0. The first-order valence-electron chi connectivity index (χ1n) is 9.02. The molecule has 1 saturated heterocycles. The van der Waals surface area contributed by atoms with Gasteiger partial charge in [-0.2, -0.15) is 0 Å². The molecule has 2 aliphatic carbocycles. The molecule has 1 spiro atoms. The quantitative estimate of drug-likeness (QED) is 0.924. The molecule has 3 fully saturated rings. The van der Waals surface area contributed by atoms with Crippen LogP contribution in [0.25, 0.3) is 0 Å². The Bertz CT molecular complexity index is 632. The van der Waals surface area contributed by atoms with Crippen molar-refractivity contribution in [2.75, 3.05) is 20.2 Å². The largest absolute Gasteiger partial charge is 0.497 e. The highest BCUT2D eigenvalue weighted by atomic mass is 16.5. The van der Waals surface area contributed by atoms with E-state index in [-0.39, 0.29) is 11.8 Å². The summed E-state index contributed by atoms with van der Waals surface area (Å²) in [5.41, 5.74) is 1.13. The average molecular weight is 329 g/mol. The van der Waals surface area contributed by atoms with E-state index in [0.29, 0.717) is 18.3 Å². The Balaban J connectivity index is 1.23. The Morgan fingerprint density at radius 2 is 2.00 bits per heavy atom. The molecule has 0 aromatic heterocycles. The number of hydrogen-bond donors (Lipinski definition) is 1. The summed E-state index contributed by atoms with van der Waals surface area (Å²) in [6, 6.07) is 8.34. The fraction of sp³-hybridized carbons (Fsp3) is 0.650. The lowest BCUT2D eigenvalue weighted by Gasteiger charge is -2.60. The van der Waals surface area contributed by atoms with Crippen molar-refractivity contribution in [1.82, 2.24) is 4.90 Å². The van der Waals surface area contributed by atoms with Gasteiger partial charge < -0.3 is 14.7 Å². The van der Waals surface area contributed by atoms with Crippen LogP contribution in [0, 0.1) is 17.3 Å². The van der Waals surface area contributed by atoms with Gasteiger partial charge in [0.1, 0.15) is 5.75 Å². The van der Waals surface area contributed by atoms with E-state index in [4.69, 9.17) is 4.74 Å². The second-order valence-corrected chi connectivity index (χ2v) is 8.63. The second-order valence-electron chi connectivity index (χ2n) is 8.63. The molecule has 4 rings (SSSR count). The van der Waals surface area contributed by atoms with E-state index in [9.17, 15) is 9.90 Å². The number of rotatable bonds is 4. The standard InChI is InChI=1S/C20H27NO3/c1-19(23)10-16(11-19)18(22)21-12-20(13-21)8-15(9-20)6-14-4-3-5-17(7-14)24-2/h3-5,7,15-16,23H,6,8-13H2,1-2H3. The summed E-state index contributed by atoms with van der Waals surface area (Å²) in [6.07, 6.45) is 4.84. The Kier molecular flexibility index (Phi) is 3.64. The fourth-order valence-electron chi connectivity index (χ4n) is 5.05. The van der Waals surface area contributed by atoms with Gasteiger partial charge in [-0.05, 0) is 62.6 Å². The number of carbonyl (C=O) groups is 1. The highest BCUT2D eigenvalue weighted by Gasteiger charge is 2.55. The van der Waals surface area contributed by atoms with Gasteiger partial charge in [-0.25, -0.2) is 0 Å². The summed E-state index contributed by atoms with van der Waals surface area (Å²) in [5, 5.41) is 9.80. The molecule has 130 valence electrons. The van der Waals surface area contributed by atoms with Crippen LogP contribution in [-0.2, 0) is 11.2 Å². The maximum absolute atomic E-state index is 12.4. The number of carbonyl (C=O) groups excluding carboxylic acids is 1. The summed E-state index contributed by atoms with van der Waals surface area (Å²) < 4.78 is 5.29. The number of aliphatic hydroxyl groups is 1. The van der Waals surface area contributed by atoms with Crippen LogP contribution in [-0.4, -0.2) is 41.7 Å². The number of benzene rings is 1. The van der Waals surface area contributed by atoms with Gasteiger partial charge >= 0.3 is 0 Å². The van der Waals surface area contributed by atoms with Gasteiger partial charge in [0.2, 0.25) is 5.91 Å². The van der Waals surface area contributed by atoms with Gasteiger partial charge in [-0.1, -0.05) is 12.1 Å². The molecule has 3 aliphatic rings. The summed E-state index contributed by atoms with van der Waals surface area (Å²) in [6.45, 7) is 3.68. The molecule has 0 bridgehead atoms. The van der Waals surface area contributed by atoms with Crippen molar-refractivity contribution in [2.45, 2.75) is 44.6 Å². The van der Waals surface area contributed by atoms with Crippen molar-refractivity contribution in [2.24, 2.45) is 17.3 Å². The van der Waals surface area contributed by atoms with Crippen LogP contribution in [0.3, 0.4) is 0 Å². The maximum atomic E-state index is 12.4. The highest BCUT2D eigenvalue weighted by Crippen LogP contribution is 2.54. The molecule has 2 saturated carbocycles. The van der Waals surface area contributed by atoms with Crippen molar-refractivity contribution in [3.05, 3.63) is 29.8 Å². The molecule has 1 aliphatic heterocycles. The van der Waals surface area contributed by atoms with Crippen molar-refractivity contribution in [1.29, 1.82) is 0 Å². The molecule has 1 amide bonds. The van der Waals surface area contributed by atoms with E-state index in [0.717, 1.165) is 31.2 Å². The van der Waals surface area contributed by atoms with Crippen LogP contribution in [0.5, 0.6) is 5.75 Å². The van der Waals surface area contributed by atoms with Gasteiger partial charge in [-0.15, -0.1) is 0 Å². The number of amides is 1. The molecular formula is C20H27NO3. The zero-order chi connectivity index (χ0) is 16.9. The zero-order valence-electron chi connectivity index (χ0n) is 14.6. The third-order valence-electron chi connectivity index (χ3n) is 6.19. The summed E-state index contributed by atoms with van der Waals surface area (Å²) in [5.74, 6) is 1.99. The Hall–Kier alpha value is -1.55. The predicted molar refractivity (Wildman–Crippen MR) is 91.8 cm³/mol. The van der Waals surface area contributed by atoms with Gasteiger partial charge in [0.25, 0.3) is 0 Å². The summed E-state index contributed by atoms with van der Waals surface area (Å²) in [7, 11) is 1.71. The van der Waals surface area contributed by atoms with Crippen LogP contribution in [0.15, 0.2) is 24.3 Å². The first-order valence-corrected chi connectivity index (χ1v) is 9.02. The Morgan fingerprint density at radius 3 is 2.62 bits per heavy atom. The molecule has 4 heteroatoms. The molecule has 1 heterocycles. The zero-order valence-corrected chi connectivity index (χ0v) is 14.6. The number of hydrogen-bond acceptors (Lipinski definition) is 3. The molecule has 1 aromatic rings. The second kappa shape index (κ2) is 5.48. The molecule has 24 heavy (non-hydrogen) atoms. The maximum Gasteiger partial charge on any atom is 0.225 e. The molecule has 1 N–H and O–H groups in total. The number of nitrogens with zero attached hydrogens (tertiary/aromatic N) is 1. The Labute approximate surface area is 143 Å². The lowest BCUT2D eigenvalue weighted by Crippen LogP contribution is -2.66.